The monoisotopic (exact) mass is 256 g/mol. The standard InChI is InChI=1S/C15H32N2O/c1-4-11-16-14(13-18-3)12-17(2)15-9-7-5-6-8-10-15/h14-16H,4-13H2,1-3H3. The van der Waals surface area contributed by atoms with Crippen LogP contribution in [0.5, 0.6) is 0 Å². The molecule has 1 fully saturated rings. The summed E-state index contributed by atoms with van der Waals surface area (Å²) >= 11 is 0. The summed E-state index contributed by atoms with van der Waals surface area (Å²) in [6.45, 7) is 5.23. The highest BCUT2D eigenvalue weighted by Crippen LogP contribution is 2.21. The Morgan fingerprint density at radius 2 is 1.89 bits per heavy atom. The third kappa shape index (κ3) is 6.17. The highest BCUT2D eigenvalue weighted by molar-refractivity contribution is 4.77. The van der Waals surface area contributed by atoms with E-state index in [2.05, 4.69) is 24.2 Å². The summed E-state index contributed by atoms with van der Waals surface area (Å²) in [4.78, 5) is 2.55. The smallest absolute Gasteiger partial charge is 0.0628 e. The van der Waals surface area contributed by atoms with Gasteiger partial charge in [0.15, 0.2) is 0 Å². The summed E-state index contributed by atoms with van der Waals surface area (Å²) in [5.74, 6) is 0. The molecule has 0 aromatic rings. The molecule has 0 bridgehead atoms. The van der Waals surface area contributed by atoms with Gasteiger partial charge in [0.05, 0.1) is 6.61 Å². The molecule has 0 radical (unpaired) electrons. The summed E-state index contributed by atoms with van der Waals surface area (Å²) in [6.07, 6.45) is 9.62. The number of hydrogen-bond acceptors (Lipinski definition) is 3. The maximum absolute atomic E-state index is 5.32. The maximum atomic E-state index is 5.32. The molecular weight excluding hydrogens is 224 g/mol. The predicted octanol–water partition coefficient (Wildman–Crippen LogP) is 2.66. The first-order chi connectivity index (χ1) is 8.77. The average molecular weight is 256 g/mol. The van der Waals surface area contributed by atoms with Crippen LogP contribution in [0.15, 0.2) is 0 Å². The first-order valence-electron chi connectivity index (χ1n) is 7.70. The maximum Gasteiger partial charge on any atom is 0.0628 e. The first-order valence-corrected chi connectivity index (χ1v) is 7.70. The van der Waals surface area contributed by atoms with Crippen molar-refractivity contribution in [3.05, 3.63) is 0 Å². The van der Waals surface area contributed by atoms with Crippen LogP contribution in [-0.2, 0) is 4.74 Å². The number of nitrogens with one attached hydrogen (secondary N) is 1. The van der Waals surface area contributed by atoms with E-state index in [1.54, 1.807) is 7.11 Å². The Bertz CT molecular complexity index is 191. The van der Waals surface area contributed by atoms with Gasteiger partial charge in [0.2, 0.25) is 0 Å². The molecule has 0 aromatic carbocycles. The van der Waals surface area contributed by atoms with Gasteiger partial charge in [0.1, 0.15) is 0 Å². The molecule has 1 rings (SSSR count). The zero-order valence-electron chi connectivity index (χ0n) is 12.6. The van der Waals surface area contributed by atoms with Crippen molar-refractivity contribution in [2.75, 3.05) is 33.9 Å². The lowest BCUT2D eigenvalue weighted by Crippen LogP contribution is -2.46. The van der Waals surface area contributed by atoms with Gasteiger partial charge in [-0.1, -0.05) is 32.6 Å². The number of ether oxygens (including phenoxy) is 1. The van der Waals surface area contributed by atoms with Crippen molar-refractivity contribution in [1.82, 2.24) is 10.2 Å². The molecule has 1 unspecified atom stereocenters. The fourth-order valence-electron chi connectivity index (χ4n) is 2.92. The van der Waals surface area contributed by atoms with Crippen molar-refractivity contribution >= 4 is 0 Å². The van der Waals surface area contributed by atoms with Gasteiger partial charge in [-0.15, -0.1) is 0 Å². The molecule has 0 aliphatic heterocycles. The Morgan fingerprint density at radius 1 is 1.22 bits per heavy atom. The molecule has 0 saturated heterocycles. The lowest BCUT2D eigenvalue weighted by atomic mass is 10.1. The van der Waals surface area contributed by atoms with E-state index in [0.717, 1.165) is 25.7 Å². The molecule has 0 heterocycles. The first kappa shape index (κ1) is 15.9. The van der Waals surface area contributed by atoms with Gasteiger partial charge in [-0.25, -0.2) is 0 Å². The summed E-state index contributed by atoms with van der Waals surface area (Å²) in [7, 11) is 4.08. The Morgan fingerprint density at radius 3 is 2.44 bits per heavy atom. The second kappa shape index (κ2) is 9.76. The topological polar surface area (TPSA) is 24.5 Å². The number of rotatable bonds is 8. The van der Waals surface area contributed by atoms with Crippen LogP contribution in [-0.4, -0.2) is 50.8 Å². The fourth-order valence-corrected chi connectivity index (χ4v) is 2.92. The lowest BCUT2D eigenvalue weighted by molar-refractivity contribution is 0.127. The molecule has 3 nitrogen and oxygen atoms in total. The molecule has 1 aliphatic carbocycles. The van der Waals surface area contributed by atoms with Gasteiger partial charge in [-0.2, -0.15) is 0 Å². The minimum atomic E-state index is 0.475. The van der Waals surface area contributed by atoms with Crippen LogP contribution >= 0.6 is 0 Å². The number of likely N-dealkylation sites (N-methyl/N-ethyl adjacent to an activating group) is 1. The fraction of sp³-hybridized carbons (Fsp3) is 1.00. The van der Waals surface area contributed by atoms with E-state index in [9.17, 15) is 0 Å². The largest absolute Gasteiger partial charge is 0.383 e. The minimum absolute atomic E-state index is 0.475. The Balaban J connectivity index is 2.35. The van der Waals surface area contributed by atoms with E-state index >= 15 is 0 Å². The van der Waals surface area contributed by atoms with E-state index in [0.29, 0.717) is 6.04 Å². The summed E-state index contributed by atoms with van der Waals surface area (Å²) in [6, 6.07) is 1.26. The van der Waals surface area contributed by atoms with Gasteiger partial charge in [-0.05, 0) is 32.9 Å². The molecule has 1 aliphatic rings. The Kier molecular flexibility index (Phi) is 8.64. The third-order valence-corrected chi connectivity index (χ3v) is 4.01. The molecule has 3 heteroatoms. The highest BCUT2D eigenvalue weighted by Gasteiger charge is 2.19. The molecule has 18 heavy (non-hydrogen) atoms. The van der Waals surface area contributed by atoms with Crippen LogP contribution in [0, 0.1) is 0 Å². The van der Waals surface area contributed by atoms with E-state index in [1.165, 1.54) is 44.9 Å². The molecule has 0 amide bonds. The molecule has 108 valence electrons. The van der Waals surface area contributed by atoms with Crippen molar-refractivity contribution in [3.63, 3.8) is 0 Å². The van der Waals surface area contributed by atoms with Crippen LogP contribution in [0.25, 0.3) is 0 Å². The number of methoxy groups -OCH3 is 1. The van der Waals surface area contributed by atoms with Crippen LogP contribution in [0.2, 0.25) is 0 Å². The SMILES string of the molecule is CCCNC(COC)CN(C)C1CCCCCC1. The van der Waals surface area contributed by atoms with E-state index in [1.807, 2.05) is 0 Å². The lowest BCUT2D eigenvalue weighted by Gasteiger charge is -2.31. The Hall–Kier alpha value is -0.120. The van der Waals surface area contributed by atoms with Crippen LogP contribution in [0.3, 0.4) is 0 Å². The van der Waals surface area contributed by atoms with Crippen molar-refractivity contribution in [2.24, 2.45) is 0 Å². The Labute approximate surface area is 113 Å². The zero-order chi connectivity index (χ0) is 13.2. The van der Waals surface area contributed by atoms with Crippen molar-refractivity contribution in [3.8, 4) is 0 Å². The number of hydrogen-bond donors (Lipinski definition) is 1. The number of nitrogens with zero attached hydrogens (tertiary/aromatic N) is 1. The molecule has 0 aromatic heterocycles. The van der Waals surface area contributed by atoms with Crippen LogP contribution in [0.1, 0.15) is 51.9 Å². The molecule has 1 saturated carbocycles. The van der Waals surface area contributed by atoms with Gasteiger partial charge in [-0.3, -0.25) is 0 Å². The average Bonchev–Trinajstić information content (AvgIpc) is 2.65. The van der Waals surface area contributed by atoms with Crippen molar-refractivity contribution in [2.45, 2.75) is 64.0 Å². The van der Waals surface area contributed by atoms with Crippen molar-refractivity contribution in [1.29, 1.82) is 0 Å². The molecule has 0 spiro atoms. The summed E-state index contributed by atoms with van der Waals surface area (Å²) in [5.41, 5.74) is 0. The molecule has 1 atom stereocenters. The summed E-state index contributed by atoms with van der Waals surface area (Å²) < 4.78 is 5.32. The highest BCUT2D eigenvalue weighted by atomic mass is 16.5. The molecular formula is C15H32N2O. The van der Waals surface area contributed by atoms with Gasteiger partial charge >= 0.3 is 0 Å². The van der Waals surface area contributed by atoms with Crippen LogP contribution in [0.4, 0.5) is 0 Å². The van der Waals surface area contributed by atoms with E-state index in [4.69, 9.17) is 4.74 Å². The minimum Gasteiger partial charge on any atom is -0.383 e. The van der Waals surface area contributed by atoms with E-state index < -0.39 is 0 Å². The zero-order valence-corrected chi connectivity index (χ0v) is 12.6. The summed E-state index contributed by atoms with van der Waals surface area (Å²) in [5, 5.41) is 3.59. The normalized spacial score (nSPS) is 20.0. The predicted molar refractivity (Wildman–Crippen MR) is 78.1 cm³/mol. The second-order valence-corrected chi connectivity index (χ2v) is 5.69. The molecule has 1 N–H and O–H groups in total. The quantitative estimate of drug-likeness (QED) is 0.676. The van der Waals surface area contributed by atoms with Gasteiger partial charge in [0, 0.05) is 25.7 Å². The van der Waals surface area contributed by atoms with Gasteiger partial charge < -0.3 is 15.0 Å². The van der Waals surface area contributed by atoms with Crippen LogP contribution < -0.4 is 5.32 Å². The second-order valence-electron chi connectivity index (χ2n) is 5.69. The van der Waals surface area contributed by atoms with Gasteiger partial charge in [0.25, 0.3) is 0 Å². The third-order valence-electron chi connectivity index (χ3n) is 4.01. The van der Waals surface area contributed by atoms with E-state index in [-0.39, 0.29) is 0 Å². The van der Waals surface area contributed by atoms with Crippen molar-refractivity contribution < 1.29 is 4.74 Å².